The highest BCUT2D eigenvalue weighted by atomic mass is 35.5. The lowest BCUT2D eigenvalue weighted by Gasteiger charge is -2.25. The van der Waals surface area contributed by atoms with Crippen molar-refractivity contribution < 1.29 is 4.79 Å². The Labute approximate surface area is 203 Å². The van der Waals surface area contributed by atoms with E-state index in [0.717, 1.165) is 16.7 Å². The highest BCUT2D eigenvalue weighted by molar-refractivity contribution is 6.34. The Kier molecular flexibility index (Phi) is 8.68. The molecule has 3 aromatic carbocycles. The number of hydrogen-bond acceptors (Lipinski definition) is 1. The fourth-order valence-corrected chi connectivity index (χ4v) is 4.44. The van der Waals surface area contributed by atoms with Crippen molar-refractivity contribution in [2.75, 3.05) is 6.54 Å². The summed E-state index contributed by atoms with van der Waals surface area (Å²) in [4.78, 5) is 12.6. The summed E-state index contributed by atoms with van der Waals surface area (Å²) in [6.07, 6.45) is 0.934. The second-order valence-electron chi connectivity index (χ2n) is 7.58. The van der Waals surface area contributed by atoms with Crippen LogP contribution in [0.25, 0.3) is 0 Å². The van der Waals surface area contributed by atoms with Crippen molar-refractivity contribution in [1.29, 1.82) is 0 Å². The highest BCUT2D eigenvalue weighted by Gasteiger charge is 2.22. The summed E-state index contributed by atoms with van der Waals surface area (Å²) in [5.74, 6) is 0.242. The molecule has 31 heavy (non-hydrogen) atoms. The van der Waals surface area contributed by atoms with Crippen LogP contribution >= 0.6 is 46.4 Å². The van der Waals surface area contributed by atoms with Gasteiger partial charge in [0.15, 0.2) is 0 Å². The SMILES string of the molecule is CC(c1ccc(Cl)cc1)C(CNC(=O)CCc1cc(Cl)cc(Cl)c1)c1ccc(Cl)cc1. The Morgan fingerprint density at radius 2 is 1.29 bits per heavy atom. The predicted octanol–water partition coefficient (Wildman–Crippen LogP) is 7.94. The minimum atomic E-state index is -0.0154. The summed E-state index contributed by atoms with van der Waals surface area (Å²) in [5.41, 5.74) is 3.22. The first-order chi connectivity index (χ1) is 14.8. The molecule has 0 aliphatic carbocycles. The van der Waals surface area contributed by atoms with Gasteiger partial charge in [0, 0.05) is 39.0 Å². The van der Waals surface area contributed by atoms with Crippen molar-refractivity contribution in [3.8, 4) is 0 Å². The fraction of sp³-hybridized carbons (Fsp3) is 0.240. The van der Waals surface area contributed by atoms with Gasteiger partial charge < -0.3 is 5.32 Å². The van der Waals surface area contributed by atoms with Crippen LogP contribution < -0.4 is 5.32 Å². The van der Waals surface area contributed by atoms with E-state index in [1.54, 1.807) is 6.07 Å². The summed E-state index contributed by atoms with van der Waals surface area (Å²) in [7, 11) is 0. The molecule has 1 amide bonds. The van der Waals surface area contributed by atoms with Crippen LogP contribution in [-0.4, -0.2) is 12.5 Å². The van der Waals surface area contributed by atoms with Crippen molar-refractivity contribution in [3.05, 3.63) is 104 Å². The maximum Gasteiger partial charge on any atom is 0.220 e. The van der Waals surface area contributed by atoms with E-state index in [1.165, 1.54) is 0 Å². The van der Waals surface area contributed by atoms with Crippen LogP contribution in [0.3, 0.4) is 0 Å². The molecule has 0 saturated heterocycles. The second kappa shape index (κ2) is 11.2. The third-order valence-electron chi connectivity index (χ3n) is 5.38. The van der Waals surface area contributed by atoms with E-state index in [0.29, 0.717) is 39.5 Å². The monoisotopic (exact) mass is 493 g/mol. The molecular weight excluding hydrogens is 472 g/mol. The van der Waals surface area contributed by atoms with E-state index in [9.17, 15) is 4.79 Å². The summed E-state index contributed by atoms with van der Waals surface area (Å²) in [6.45, 7) is 2.67. The number of amides is 1. The molecule has 1 N–H and O–H groups in total. The molecule has 3 rings (SSSR count). The maximum absolute atomic E-state index is 12.6. The van der Waals surface area contributed by atoms with Gasteiger partial charge in [-0.15, -0.1) is 0 Å². The summed E-state index contributed by atoms with van der Waals surface area (Å²) in [5, 5.41) is 5.63. The molecular formula is C25H23Cl4NO. The zero-order valence-corrected chi connectivity index (χ0v) is 20.1. The topological polar surface area (TPSA) is 29.1 Å². The quantitative estimate of drug-likeness (QED) is 0.338. The minimum Gasteiger partial charge on any atom is -0.355 e. The molecule has 2 atom stereocenters. The van der Waals surface area contributed by atoms with E-state index < -0.39 is 0 Å². The molecule has 0 saturated carbocycles. The van der Waals surface area contributed by atoms with Gasteiger partial charge in [-0.2, -0.15) is 0 Å². The van der Waals surface area contributed by atoms with Gasteiger partial charge in [-0.1, -0.05) is 77.6 Å². The predicted molar refractivity (Wildman–Crippen MR) is 132 cm³/mol. The van der Waals surface area contributed by atoms with Crippen LogP contribution in [0.5, 0.6) is 0 Å². The number of aryl methyl sites for hydroxylation is 1. The fourth-order valence-electron chi connectivity index (χ4n) is 3.62. The van der Waals surface area contributed by atoms with Gasteiger partial charge >= 0.3 is 0 Å². The van der Waals surface area contributed by atoms with E-state index in [2.05, 4.69) is 12.2 Å². The molecule has 162 valence electrons. The Bertz CT molecular complexity index is 998. The molecule has 3 aromatic rings. The van der Waals surface area contributed by atoms with Gasteiger partial charge in [0.25, 0.3) is 0 Å². The first kappa shape index (κ1) is 23.9. The number of benzene rings is 3. The van der Waals surface area contributed by atoms with Gasteiger partial charge in [0.2, 0.25) is 5.91 Å². The Morgan fingerprint density at radius 3 is 1.84 bits per heavy atom. The van der Waals surface area contributed by atoms with Gasteiger partial charge in [0.1, 0.15) is 0 Å². The lowest BCUT2D eigenvalue weighted by atomic mass is 9.82. The normalized spacial score (nSPS) is 12.9. The molecule has 0 bridgehead atoms. The second-order valence-corrected chi connectivity index (χ2v) is 9.33. The lowest BCUT2D eigenvalue weighted by Crippen LogP contribution is -2.30. The largest absolute Gasteiger partial charge is 0.355 e. The summed E-state index contributed by atoms with van der Waals surface area (Å²) >= 11 is 24.2. The zero-order chi connectivity index (χ0) is 22.4. The van der Waals surface area contributed by atoms with Crippen LogP contribution in [0.4, 0.5) is 0 Å². The van der Waals surface area contributed by atoms with E-state index in [-0.39, 0.29) is 17.7 Å². The Balaban J connectivity index is 1.68. The number of carbonyl (C=O) groups is 1. The van der Waals surface area contributed by atoms with Crippen LogP contribution in [0, 0.1) is 0 Å². The molecule has 2 nitrogen and oxygen atoms in total. The van der Waals surface area contributed by atoms with Crippen molar-refractivity contribution in [3.63, 3.8) is 0 Å². The molecule has 0 aliphatic rings. The summed E-state index contributed by atoms with van der Waals surface area (Å²) in [6, 6.07) is 21.0. The number of nitrogens with one attached hydrogen (secondary N) is 1. The van der Waals surface area contributed by atoms with Crippen LogP contribution in [0.15, 0.2) is 66.7 Å². The minimum absolute atomic E-state index is 0.0154. The van der Waals surface area contributed by atoms with Gasteiger partial charge in [-0.25, -0.2) is 0 Å². The zero-order valence-electron chi connectivity index (χ0n) is 17.0. The van der Waals surface area contributed by atoms with Gasteiger partial charge in [-0.05, 0) is 71.5 Å². The van der Waals surface area contributed by atoms with Crippen molar-refractivity contribution in [1.82, 2.24) is 5.32 Å². The number of rotatable bonds is 8. The standard InChI is InChI=1S/C25H23Cl4NO/c1-16(18-3-7-20(26)8-4-18)24(19-5-9-21(27)10-6-19)15-30-25(31)11-2-17-12-22(28)14-23(29)13-17/h3-10,12-14,16,24H,2,11,15H2,1H3,(H,30,31). The maximum atomic E-state index is 12.6. The first-order valence-corrected chi connectivity index (χ1v) is 11.6. The number of carbonyl (C=O) groups excluding carboxylic acids is 1. The third kappa shape index (κ3) is 7.15. The average molecular weight is 495 g/mol. The van der Waals surface area contributed by atoms with E-state index in [4.69, 9.17) is 46.4 Å². The van der Waals surface area contributed by atoms with Crippen molar-refractivity contribution in [2.45, 2.75) is 31.6 Å². The molecule has 0 aliphatic heterocycles. The van der Waals surface area contributed by atoms with Crippen LogP contribution in [-0.2, 0) is 11.2 Å². The van der Waals surface area contributed by atoms with Crippen LogP contribution in [0.2, 0.25) is 20.1 Å². The van der Waals surface area contributed by atoms with Crippen molar-refractivity contribution in [2.24, 2.45) is 0 Å². The Morgan fingerprint density at radius 1 is 0.774 bits per heavy atom. The van der Waals surface area contributed by atoms with E-state index >= 15 is 0 Å². The van der Waals surface area contributed by atoms with Crippen molar-refractivity contribution >= 4 is 52.3 Å². The Hall–Kier alpha value is -1.71. The van der Waals surface area contributed by atoms with Crippen LogP contribution in [0.1, 0.15) is 41.9 Å². The molecule has 0 fully saturated rings. The molecule has 0 aromatic heterocycles. The van der Waals surface area contributed by atoms with E-state index in [1.807, 2.05) is 60.7 Å². The number of halogens is 4. The smallest absolute Gasteiger partial charge is 0.220 e. The lowest BCUT2D eigenvalue weighted by molar-refractivity contribution is -0.121. The first-order valence-electron chi connectivity index (χ1n) is 10.0. The molecule has 6 heteroatoms. The summed E-state index contributed by atoms with van der Waals surface area (Å²) < 4.78 is 0. The highest BCUT2D eigenvalue weighted by Crippen LogP contribution is 2.33. The molecule has 0 heterocycles. The van der Waals surface area contributed by atoms with Gasteiger partial charge in [-0.3, -0.25) is 4.79 Å². The molecule has 2 unspecified atom stereocenters. The number of hydrogen-bond donors (Lipinski definition) is 1. The molecule has 0 radical (unpaired) electrons. The average Bonchev–Trinajstić information content (AvgIpc) is 2.73. The van der Waals surface area contributed by atoms with Gasteiger partial charge in [0.05, 0.1) is 0 Å². The molecule has 0 spiro atoms. The third-order valence-corrected chi connectivity index (χ3v) is 6.32.